The summed E-state index contributed by atoms with van der Waals surface area (Å²) in [4.78, 5) is 25.2. The van der Waals surface area contributed by atoms with Crippen LogP contribution in [0.3, 0.4) is 0 Å². The van der Waals surface area contributed by atoms with Crippen molar-refractivity contribution in [2.75, 3.05) is 11.4 Å². The van der Waals surface area contributed by atoms with Gasteiger partial charge in [0.05, 0.1) is 5.56 Å². The first-order valence-electron chi connectivity index (χ1n) is 11.7. The van der Waals surface area contributed by atoms with E-state index in [1.165, 1.54) is 0 Å². The number of aromatic nitrogens is 1. The van der Waals surface area contributed by atoms with Crippen molar-refractivity contribution in [3.8, 4) is 0 Å². The molecule has 3 atom stereocenters. The summed E-state index contributed by atoms with van der Waals surface area (Å²) in [7, 11) is 0. The molecule has 1 amide bonds. The van der Waals surface area contributed by atoms with Crippen LogP contribution in [-0.4, -0.2) is 34.1 Å². The van der Waals surface area contributed by atoms with Crippen LogP contribution < -0.4 is 14.9 Å². The highest BCUT2D eigenvalue weighted by Gasteiger charge is 2.43. The van der Waals surface area contributed by atoms with E-state index in [2.05, 4.69) is 81.6 Å². The number of carbonyl (C=O) groups excluding carboxylic acids is 1. The molecule has 1 aromatic rings. The number of nitrogens with zero attached hydrogens (tertiary/aromatic N) is 3. The molecule has 1 saturated heterocycles. The van der Waals surface area contributed by atoms with Crippen LogP contribution in [0.1, 0.15) is 77.4 Å². The Morgan fingerprint density at radius 3 is 2.61 bits per heavy atom. The van der Waals surface area contributed by atoms with Gasteiger partial charge in [-0.3, -0.25) is 9.52 Å². The van der Waals surface area contributed by atoms with Crippen molar-refractivity contribution in [2.24, 2.45) is 16.8 Å². The minimum absolute atomic E-state index is 0.102. The van der Waals surface area contributed by atoms with E-state index in [0.29, 0.717) is 28.3 Å². The molecule has 2 N–H and O–H groups in total. The maximum atomic E-state index is 13.3. The molecule has 1 fully saturated rings. The second-order valence-corrected chi connectivity index (χ2v) is 11.9. The van der Waals surface area contributed by atoms with Gasteiger partial charge in [0.1, 0.15) is 16.7 Å². The highest BCUT2D eigenvalue weighted by atomic mass is 32.2. The molecule has 7 heteroatoms. The number of pyridine rings is 1. The first-order valence-corrected chi connectivity index (χ1v) is 12.6. The number of nitrogens with one attached hydrogen (secondary N) is 2. The van der Waals surface area contributed by atoms with Crippen molar-refractivity contribution < 1.29 is 4.79 Å². The summed E-state index contributed by atoms with van der Waals surface area (Å²) in [5.74, 6) is 2.15. The minimum Gasteiger partial charge on any atom is -0.368 e. The second-order valence-electron chi connectivity index (χ2n) is 11.1. The van der Waals surface area contributed by atoms with Gasteiger partial charge < -0.3 is 10.2 Å². The number of anilines is 1. The van der Waals surface area contributed by atoms with E-state index < -0.39 is 0 Å². The molecular formula is C26H39N5OS. The van der Waals surface area contributed by atoms with Crippen molar-refractivity contribution in [1.29, 1.82) is 0 Å². The monoisotopic (exact) mass is 469 g/mol. The normalized spacial score (nSPS) is 27.9. The fourth-order valence-corrected chi connectivity index (χ4v) is 5.37. The summed E-state index contributed by atoms with van der Waals surface area (Å²) in [5, 5.41) is 3.98. The van der Waals surface area contributed by atoms with Gasteiger partial charge in [0.2, 0.25) is 0 Å². The molecule has 0 saturated carbocycles. The highest BCUT2D eigenvalue weighted by molar-refractivity contribution is 8.13. The average molecular weight is 470 g/mol. The maximum Gasteiger partial charge on any atom is 0.265 e. The van der Waals surface area contributed by atoms with Crippen LogP contribution in [0.2, 0.25) is 0 Å². The first-order chi connectivity index (χ1) is 15.3. The molecule has 0 spiro atoms. The lowest BCUT2D eigenvalue weighted by molar-refractivity contribution is 0.0984. The summed E-state index contributed by atoms with van der Waals surface area (Å²) >= 11 is 1.14. The zero-order valence-electron chi connectivity index (χ0n) is 21.2. The zero-order valence-corrected chi connectivity index (χ0v) is 22.0. The van der Waals surface area contributed by atoms with E-state index in [1.54, 1.807) is 6.08 Å². The number of carbonyl (C=O) groups is 1. The summed E-state index contributed by atoms with van der Waals surface area (Å²) < 4.78 is 2.93. The number of hydrogen-bond acceptors (Lipinski definition) is 6. The van der Waals surface area contributed by atoms with Gasteiger partial charge in [-0.05, 0) is 63.7 Å². The van der Waals surface area contributed by atoms with Gasteiger partial charge in [0, 0.05) is 41.2 Å². The number of aliphatic imine (C=N–C) groups is 1. The molecule has 0 radical (unpaired) electrons. The highest BCUT2D eigenvalue weighted by Crippen LogP contribution is 2.42. The molecule has 2 aliphatic rings. The van der Waals surface area contributed by atoms with E-state index in [9.17, 15) is 4.79 Å². The van der Waals surface area contributed by atoms with Crippen LogP contribution in [-0.2, 0) is 5.41 Å². The Kier molecular flexibility index (Phi) is 7.32. The van der Waals surface area contributed by atoms with Gasteiger partial charge in [-0.1, -0.05) is 40.9 Å². The zero-order chi connectivity index (χ0) is 24.6. The van der Waals surface area contributed by atoms with Gasteiger partial charge in [-0.25, -0.2) is 9.98 Å². The largest absolute Gasteiger partial charge is 0.368 e. The van der Waals surface area contributed by atoms with E-state index in [4.69, 9.17) is 4.98 Å². The molecule has 180 valence electrons. The van der Waals surface area contributed by atoms with E-state index in [1.807, 2.05) is 12.1 Å². The predicted octanol–water partition coefficient (Wildman–Crippen LogP) is 5.44. The van der Waals surface area contributed by atoms with Gasteiger partial charge in [0.25, 0.3) is 5.91 Å². The van der Waals surface area contributed by atoms with Crippen molar-refractivity contribution in [3.05, 3.63) is 48.4 Å². The maximum absolute atomic E-state index is 13.3. The van der Waals surface area contributed by atoms with Gasteiger partial charge in [-0.15, -0.1) is 0 Å². The molecule has 3 unspecified atom stereocenters. The van der Waals surface area contributed by atoms with Crippen LogP contribution in [0, 0.1) is 11.8 Å². The quantitative estimate of drug-likeness (QED) is 0.536. The van der Waals surface area contributed by atoms with E-state index >= 15 is 0 Å². The van der Waals surface area contributed by atoms with Crippen LogP contribution in [0.4, 0.5) is 5.82 Å². The summed E-state index contributed by atoms with van der Waals surface area (Å²) in [6.07, 6.45) is 3.69. The smallest absolute Gasteiger partial charge is 0.265 e. The van der Waals surface area contributed by atoms with Gasteiger partial charge in [-0.2, -0.15) is 0 Å². The minimum atomic E-state index is -0.188. The van der Waals surface area contributed by atoms with Crippen molar-refractivity contribution in [3.63, 3.8) is 0 Å². The SMILES string of the molecule is C=C/C1=N\C(=C)NC(C)CC(C)C2CN(c3nc(C(C)(C)C)ccc3C(=O)NS1)C(C)(C)C2. The summed E-state index contributed by atoms with van der Waals surface area (Å²) in [5.41, 5.74) is 1.35. The number of fused-ring (bicyclic) bond motifs is 4. The Bertz CT molecular complexity index is 962. The van der Waals surface area contributed by atoms with Crippen LogP contribution in [0.15, 0.2) is 42.2 Å². The molecule has 0 aromatic carbocycles. The van der Waals surface area contributed by atoms with Gasteiger partial charge in [0.15, 0.2) is 0 Å². The van der Waals surface area contributed by atoms with Crippen molar-refractivity contribution in [2.45, 2.75) is 78.3 Å². The Balaban J connectivity index is 2.10. The van der Waals surface area contributed by atoms with Crippen LogP contribution in [0.25, 0.3) is 0 Å². The summed E-state index contributed by atoms with van der Waals surface area (Å²) in [6.45, 7) is 24.2. The topological polar surface area (TPSA) is 69.6 Å². The van der Waals surface area contributed by atoms with E-state index in [-0.39, 0.29) is 22.9 Å². The summed E-state index contributed by atoms with van der Waals surface area (Å²) in [6, 6.07) is 4.12. The molecule has 33 heavy (non-hydrogen) atoms. The molecule has 6 nitrogen and oxygen atoms in total. The van der Waals surface area contributed by atoms with Crippen molar-refractivity contribution >= 4 is 28.7 Å². The standard InChI is InChI=1S/C26H39N5OS/c1-10-22-28-18(4)27-17(3)13-16(2)19-14-26(8,9)31(15-19)23-20(24(32)30-33-22)11-12-21(29-23)25(5,6)7/h10-12,16-17,19,27H,1,4,13-15H2,2-3,5-9H3,(H,30,32)/b28-22+. The third kappa shape index (κ3) is 5.81. The molecule has 3 heterocycles. The fourth-order valence-electron chi connectivity index (χ4n) is 4.82. The van der Waals surface area contributed by atoms with Crippen LogP contribution in [0.5, 0.6) is 0 Å². The first kappa shape index (κ1) is 25.3. The van der Waals surface area contributed by atoms with Crippen LogP contribution >= 0.6 is 11.9 Å². The third-order valence-corrected chi connectivity index (χ3v) is 7.42. The molecule has 3 rings (SSSR count). The predicted molar refractivity (Wildman–Crippen MR) is 141 cm³/mol. The molecule has 2 aliphatic heterocycles. The number of rotatable bonds is 1. The molecular weight excluding hydrogens is 430 g/mol. The fraction of sp³-hybridized carbons (Fsp3) is 0.577. The van der Waals surface area contributed by atoms with E-state index in [0.717, 1.165) is 42.8 Å². The number of hydrogen-bond donors (Lipinski definition) is 2. The molecule has 2 bridgehead atoms. The second kappa shape index (κ2) is 9.53. The average Bonchev–Trinajstić information content (AvgIpc) is 3.04. The lowest BCUT2D eigenvalue weighted by atomic mass is 9.84. The van der Waals surface area contributed by atoms with Gasteiger partial charge >= 0.3 is 0 Å². The lowest BCUT2D eigenvalue weighted by Crippen LogP contribution is -2.40. The lowest BCUT2D eigenvalue weighted by Gasteiger charge is -2.34. The number of amides is 1. The third-order valence-electron chi connectivity index (χ3n) is 6.66. The molecule has 1 aromatic heterocycles. The Hall–Kier alpha value is -2.28. The Morgan fingerprint density at radius 1 is 1.27 bits per heavy atom. The van der Waals surface area contributed by atoms with Crippen molar-refractivity contribution in [1.82, 2.24) is 15.0 Å². The molecule has 0 aliphatic carbocycles. The Labute approximate surface area is 203 Å². The Morgan fingerprint density at radius 2 is 1.97 bits per heavy atom.